The standard InChI is InChI=1S/C21H20ClNO/c1-13(2)21-23-20(15-7-10-16(22)11-8-15)19-17-6-4-3-5-14(17)9-12-18(19)24-21/h3-13,20-21,23H,1-2H3/t20-,21+/m0/s1. The van der Waals surface area contributed by atoms with Gasteiger partial charge in [-0.15, -0.1) is 0 Å². The molecule has 0 saturated carbocycles. The lowest BCUT2D eigenvalue weighted by atomic mass is 9.91. The van der Waals surface area contributed by atoms with Crippen molar-refractivity contribution in [2.24, 2.45) is 5.92 Å². The van der Waals surface area contributed by atoms with Gasteiger partial charge in [0.2, 0.25) is 0 Å². The maximum Gasteiger partial charge on any atom is 0.153 e. The minimum absolute atomic E-state index is 0.0145. The van der Waals surface area contributed by atoms with E-state index >= 15 is 0 Å². The number of fused-ring (bicyclic) bond motifs is 3. The molecule has 122 valence electrons. The lowest BCUT2D eigenvalue weighted by Gasteiger charge is -2.36. The summed E-state index contributed by atoms with van der Waals surface area (Å²) in [6, 6.07) is 20.8. The molecule has 0 fully saturated rings. The highest BCUT2D eigenvalue weighted by molar-refractivity contribution is 6.30. The molecule has 24 heavy (non-hydrogen) atoms. The summed E-state index contributed by atoms with van der Waals surface area (Å²) in [5.74, 6) is 1.34. The van der Waals surface area contributed by atoms with Gasteiger partial charge >= 0.3 is 0 Å². The van der Waals surface area contributed by atoms with E-state index in [1.807, 2.05) is 12.1 Å². The summed E-state index contributed by atoms with van der Waals surface area (Å²) >= 11 is 6.08. The molecule has 0 spiro atoms. The van der Waals surface area contributed by atoms with Crippen LogP contribution in [-0.4, -0.2) is 6.23 Å². The molecule has 2 atom stereocenters. The molecule has 1 aliphatic heterocycles. The van der Waals surface area contributed by atoms with Crippen LogP contribution in [-0.2, 0) is 0 Å². The normalized spacial score (nSPS) is 20.0. The minimum atomic E-state index is -0.0145. The van der Waals surface area contributed by atoms with Crippen molar-refractivity contribution in [3.63, 3.8) is 0 Å². The summed E-state index contributed by atoms with van der Waals surface area (Å²) in [6.45, 7) is 4.34. The van der Waals surface area contributed by atoms with Crippen LogP contribution in [0.1, 0.15) is 31.0 Å². The molecule has 0 amide bonds. The van der Waals surface area contributed by atoms with E-state index in [1.165, 1.54) is 21.9 Å². The van der Waals surface area contributed by atoms with Crippen LogP contribution in [0.3, 0.4) is 0 Å². The van der Waals surface area contributed by atoms with Gasteiger partial charge in [-0.05, 0) is 34.5 Å². The Bertz CT molecular complexity index is 873. The van der Waals surface area contributed by atoms with Gasteiger partial charge in [0.1, 0.15) is 5.75 Å². The Morgan fingerprint density at radius 1 is 0.958 bits per heavy atom. The van der Waals surface area contributed by atoms with Crippen LogP contribution in [0.15, 0.2) is 60.7 Å². The maximum absolute atomic E-state index is 6.24. The number of rotatable bonds is 2. The van der Waals surface area contributed by atoms with E-state index in [0.717, 1.165) is 10.8 Å². The Morgan fingerprint density at radius 3 is 2.46 bits per heavy atom. The topological polar surface area (TPSA) is 21.3 Å². The van der Waals surface area contributed by atoms with E-state index in [0.29, 0.717) is 5.92 Å². The van der Waals surface area contributed by atoms with E-state index < -0.39 is 0 Å². The Kier molecular flexibility index (Phi) is 3.95. The molecule has 1 heterocycles. The first kappa shape index (κ1) is 15.5. The van der Waals surface area contributed by atoms with Gasteiger partial charge in [-0.2, -0.15) is 0 Å². The summed E-state index contributed by atoms with van der Waals surface area (Å²) in [5, 5.41) is 6.88. The average molecular weight is 338 g/mol. The highest BCUT2D eigenvalue weighted by Gasteiger charge is 2.31. The molecule has 0 bridgehead atoms. The second-order valence-electron chi connectivity index (χ2n) is 6.63. The van der Waals surface area contributed by atoms with Gasteiger partial charge in [0, 0.05) is 16.5 Å². The number of hydrogen-bond acceptors (Lipinski definition) is 2. The first-order chi connectivity index (χ1) is 11.6. The van der Waals surface area contributed by atoms with E-state index in [1.54, 1.807) is 0 Å². The summed E-state index contributed by atoms with van der Waals surface area (Å²) in [7, 11) is 0. The Morgan fingerprint density at radius 2 is 1.71 bits per heavy atom. The van der Waals surface area contributed by atoms with Crippen LogP contribution < -0.4 is 10.1 Å². The summed E-state index contributed by atoms with van der Waals surface area (Å²) in [5.41, 5.74) is 2.40. The van der Waals surface area contributed by atoms with E-state index in [4.69, 9.17) is 16.3 Å². The lowest BCUT2D eigenvalue weighted by molar-refractivity contribution is 0.0891. The van der Waals surface area contributed by atoms with Crippen molar-refractivity contribution in [2.75, 3.05) is 0 Å². The highest BCUT2D eigenvalue weighted by atomic mass is 35.5. The molecule has 3 aromatic rings. The zero-order valence-corrected chi connectivity index (χ0v) is 14.5. The minimum Gasteiger partial charge on any atom is -0.475 e. The van der Waals surface area contributed by atoms with Crippen LogP contribution in [0.4, 0.5) is 0 Å². The van der Waals surface area contributed by atoms with Crippen molar-refractivity contribution in [1.29, 1.82) is 0 Å². The molecule has 0 unspecified atom stereocenters. The van der Waals surface area contributed by atoms with Crippen molar-refractivity contribution < 1.29 is 4.74 Å². The van der Waals surface area contributed by atoms with Gasteiger partial charge in [0.05, 0.1) is 6.04 Å². The Hall–Kier alpha value is -2.03. The molecule has 0 radical (unpaired) electrons. The van der Waals surface area contributed by atoms with E-state index in [2.05, 4.69) is 67.7 Å². The van der Waals surface area contributed by atoms with Crippen molar-refractivity contribution in [1.82, 2.24) is 5.32 Å². The number of ether oxygens (including phenoxy) is 1. The van der Waals surface area contributed by atoms with Crippen LogP contribution in [0, 0.1) is 5.92 Å². The van der Waals surface area contributed by atoms with Gasteiger partial charge in [0.25, 0.3) is 0 Å². The largest absolute Gasteiger partial charge is 0.475 e. The summed E-state index contributed by atoms with van der Waals surface area (Å²) in [6.07, 6.45) is -0.0145. The molecule has 0 aromatic heterocycles. The second-order valence-corrected chi connectivity index (χ2v) is 7.07. The van der Waals surface area contributed by atoms with E-state index in [-0.39, 0.29) is 12.3 Å². The molecule has 3 heteroatoms. The summed E-state index contributed by atoms with van der Waals surface area (Å²) < 4.78 is 6.24. The SMILES string of the molecule is CC(C)[C@@H]1N[C@@H](c2ccc(Cl)cc2)c2c(ccc3ccccc23)O1. The summed E-state index contributed by atoms with van der Waals surface area (Å²) in [4.78, 5) is 0. The van der Waals surface area contributed by atoms with Gasteiger partial charge < -0.3 is 4.74 Å². The number of nitrogens with one attached hydrogen (secondary N) is 1. The highest BCUT2D eigenvalue weighted by Crippen LogP contribution is 2.40. The molecular formula is C21H20ClNO. The number of hydrogen-bond donors (Lipinski definition) is 1. The molecule has 0 saturated heterocycles. The molecule has 3 aromatic carbocycles. The van der Waals surface area contributed by atoms with Gasteiger partial charge in [0.15, 0.2) is 6.23 Å². The lowest BCUT2D eigenvalue weighted by Crippen LogP contribution is -2.45. The number of benzene rings is 3. The average Bonchev–Trinajstić information content (AvgIpc) is 2.61. The fraction of sp³-hybridized carbons (Fsp3) is 0.238. The van der Waals surface area contributed by atoms with Crippen molar-refractivity contribution >= 4 is 22.4 Å². The third-order valence-corrected chi connectivity index (χ3v) is 4.87. The van der Waals surface area contributed by atoms with Crippen LogP contribution in [0.2, 0.25) is 5.02 Å². The predicted octanol–water partition coefficient (Wildman–Crippen LogP) is 5.55. The van der Waals surface area contributed by atoms with Gasteiger partial charge in [-0.3, -0.25) is 5.32 Å². The Labute approximate surface area is 147 Å². The van der Waals surface area contributed by atoms with Crippen molar-refractivity contribution in [2.45, 2.75) is 26.1 Å². The molecule has 2 nitrogen and oxygen atoms in total. The molecule has 1 aliphatic rings. The second kappa shape index (κ2) is 6.12. The van der Waals surface area contributed by atoms with Crippen molar-refractivity contribution in [3.8, 4) is 5.75 Å². The molecule has 1 N–H and O–H groups in total. The molecular weight excluding hydrogens is 318 g/mol. The van der Waals surface area contributed by atoms with Gasteiger partial charge in [-0.25, -0.2) is 0 Å². The first-order valence-corrected chi connectivity index (χ1v) is 8.71. The predicted molar refractivity (Wildman–Crippen MR) is 99.6 cm³/mol. The fourth-order valence-electron chi connectivity index (χ4n) is 3.34. The zero-order valence-electron chi connectivity index (χ0n) is 13.8. The number of halogens is 1. The molecule has 0 aliphatic carbocycles. The fourth-order valence-corrected chi connectivity index (χ4v) is 3.47. The Balaban J connectivity index is 1.92. The third-order valence-electron chi connectivity index (χ3n) is 4.61. The smallest absolute Gasteiger partial charge is 0.153 e. The van der Waals surface area contributed by atoms with Crippen molar-refractivity contribution in [3.05, 3.63) is 76.8 Å². The first-order valence-electron chi connectivity index (χ1n) is 8.33. The monoisotopic (exact) mass is 337 g/mol. The third kappa shape index (κ3) is 2.66. The van der Waals surface area contributed by atoms with Crippen LogP contribution in [0.5, 0.6) is 5.75 Å². The quantitative estimate of drug-likeness (QED) is 0.662. The van der Waals surface area contributed by atoms with E-state index in [9.17, 15) is 0 Å². The van der Waals surface area contributed by atoms with Crippen LogP contribution in [0.25, 0.3) is 10.8 Å². The van der Waals surface area contributed by atoms with Crippen LogP contribution >= 0.6 is 11.6 Å². The molecule has 4 rings (SSSR count). The zero-order chi connectivity index (χ0) is 16.7. The van der Waals surface area contributed by atoms with Gasteiger partial charge in [-0.1, -0.05) is 67.9 Å². The maximum atomic E-state index is 6.24.